The van der Waals surface area contributed by atoms with Crippen molar-refractivity contribution in [2.75, 3.05) is 11.4 Å². The van der Waals surface area contributed by atoms with Crippen molar-refractivity contribution in [1.29, 1.82) is 0 Å². The quantitative estimate of drug-likeness (QED) is 0.685. The van der Waals surface area contributed by atoms with Gasteiger partial charge in [0.05, 0.1) is 5.69 Å². The summed E-state index contributed by atoms with van der Waals surface area (Å²) < 4.78 is 0. The predicted molar refractivity (Wildman–Crippen MR) is 73.8 cm³/mol. The van der Waals surface area contributed by atoms with E-state index in [1.54, 1.807) is 0 Å². The summed E-state index contributed by atoms with van der Waals surface area (Å²) in [4.78, 5) is 14.8. The Bertz CT molecular complexity index is 498. The molecule has 0 spiro atoms. The number of benzene rings is 1. The molecule has 0 saturated carbocycles. The van der Waals surface area contributed by atoms with E-state index in [9.17, 15) is 4.79 Å². The van der Waals surface area contributed by atoms with Crippen LogP contribution in [0.3, 0.4) is 0 Å². The zero-order valence-electron chi connectivity index (χ0n) is 11.5. The number of carbonyl (C=O) groups is 1. The maximum absolute atomic E-state index is 12.7. The van der Waals surface area contributed by atoms with Gasteiger partial charge in [-0.15, -0.1) is 0 Å². The van der Waals surface area contributed by atoms with Gasteiger partial charge >= 0.3 is 0 Å². The maximum atomic E-state index is 12.7. The lowest BCUT2D eigenvalue weighted by Crippen LogP contribution is -2.39. The normalized spacial score (nSPS) is 22.9. The van der Waals surface area contributed by atoms with Gasteiger partial charge in [-0.05, 0) is 35.8 Å². The highest BCUT2D eigenvalue weighted by Crippen LogP contribution is 2.41. The molecule has 0 aliphatic carbocycles. The van der Waals surface area contributed by atoms with Crippen molar-refractivity contribution in [2.24, 2.45) is 11.3 Å². The first-order chi connectivity index (χ1) is 8.48. The number of para-hydroxylation sites is 1. The zero-order valence-corrected chi connectivity index (χ0v) is 11.5. The van der Waals surface area contributed by atoms with Crippen LogP contribution in [0.5, 0.6) is 0 Å². The molecule has 1 aromatic carbocycles. The number of hydrogen-bond donors (Lipinski definition) is 0. The van der Waals surface area contributed by atoms with Gasteiger partial charge in [-0.3, -0.25) is 4.79 Å². The molecule has 1 atom stereocenters. The Hall–Kier alpha value is -1.31. The summed E-state index contributed by atoms with van der Waals surface area (Å²) in [7, 11) is 0. The minimum atomic E-state index is 0.0574. The van der Waals surface area contributed by atoms with Gasteiger partial charge in [0.1, 0.15) is 0 Å². The van der Waals surface area contributed by atoms with Crippen molar-refractivity contribution in [2.45, 2.75) is 40.0 Å². The molecule has 0 radical (unpaired) electrons. The van der Waals surface area contributed by atoms with Crippen molar-refractivity contribution < 1.29 is 4.79 Å². The number of rotatable bonds is 0. The van der Waals surface area contributed by atoms with Crippen LogP contribution in [0.15, 0.2) is 18.2 Å². The van der Waals surface area contributed by atoms with Crippen molar-refractivity contribution in [3.8, 4) is 0 Å². The Balaban J connectivity index is 2.06. The maximum Gasteiger partial charge on any atom is 0.230 e. The van der Waals surface area contributed by atoms with Crippen LogP contribution >= 0.6 is 0 Å². The highest BCUT2D eigenvalue weighted by atomic mass is 16.2. The Morgan fingerprint density at radius 3 is 2.50 bits per heavy atom. The lowest BCUT2D eigenvalue weighted by atomic mass is 9.77. The van der Waals surface area contributed by atoms with Gasteiger partial charge in [-0.2, -0.15) is 0 Å². The molecule has 0 bridgehead atoms. The van der Waals surface area contributed by atoms with E-state index >= 15 is 0 Å². The molecule has 18 heavy (non-hydrogen) atoms. The van der Waals surface area contributed by atoms with Crippen molar-refractivity contribution in [3.05, 3.63) is 29.3 Å². The molecule has 96 valence electrons. The van der Waals surface area contributed by atoms with E-state index in [2.05, 4.69) is 39.0 Å². The Morgan fingerprint density at radius 2 is 1.83 bits per heavy atom. The molecule has 2 aliphatic heterocycles. The largest absolute Gasteiger partial charge is 0.311 e. The van der Waals surface area contributed by atoms with Crippen LogP contribution < -0.4 is 4.90 Å². The molecule has 3 rings (SSSR count). The molecule has 2 heteroatoms. The van der Waals surface area contributed by atoms with Gasteiger partial charge in [0.25, 0.3) is 0 Å². The standard InChI is InChI=1S/C16H21NO/c1-16(2,3)13-8-7-11-5-4-6-12-9-10-17(14(11)12)15(13)18/h4-6,13H,7-10H2,1-3H3. The summed E-state index contributed by atoms with van der Waals surface area (Å²) in [6.45, 7) is 7.42. The topological polar surface area (TPSA) is 20.3 Å². The fourth-order valence-corrected chi connectivity index (χ4v) is 3.37. The number of hydrogen-bond acceptors (Lipinski definition) is 1. The molecule has 1 amide bonds. The lowest BCUT2D eigenvalue weighted by Gasteiger charge is -2.31. The molecular weight excluding hydrogens is 222 g/mol. The molecule has 2 aliphatic rings. The molecule has 2 heterocycles. The second kappa shape index (κ2) is 3.84. The van der Waals surface area contributed by atoms with Crippen LogP contribution in [0.25, 0.3) is 0 Å². The fourth-order valence-electron chi connectivity index (χ4n) is 3.37. The van der Waals surface area contributed by atoms with Gasteiger partial charge in [0.2, 0.25) is 5.91 Å². The Morgan fingerprint density at radius 1 is 1.17 bits per heavy atom. The van der Waals surface area contributed by atoms with E-state index < -0.39 is 0 Å². The minimum Gasteiger partial charge on any atom is -0.311 e. The number of carbonyl (C=O) groups excluding carboxylic acids is 1. The van der Waals surface area contributed by atoms with Crippen LogP contribution in [-0.2, 0) is 17.6 Å². The van der Waals surface area contributed by atoms with Gasteiger partial charge in [-0.25, -0.2) is 0 Å². The van der Waals surface area contributed by atoms with Gasteiger partial charge in [-0.1, -0.05) is 39.0 Å². The highest BCUT2D eigenvalue weighted by molar-refractivity contribution is 5.99. The molecule has 2 nitrogen and oxygen atoms in total. The highest BCUT2D eigenvalue weighted by Gasteiger charge is 2.39. The van der Waals surface area contributed by atoms with Crippen molar-refractivity contribution >= 4 is 11.6 Å². The van der Waals surface area contributed by atoms with Crippen LogP contribution in [-0.4, -0.2) is 12.5 Å². The van der Waals surface area contributed by atoms with Crippen LogP contribution in [0.1, 0.15) is 38.3 Å². The Labute approximate surface area is 109 Å². The average molecular weight is 243 g/mol. The van der Waals surface area contributed by atoms with Gasteiger partial charge < -0.3 is 4.90 Å². The summed E-state index contributed by atoms with van der Waals surface area (Å²) >= 11 is 0. The summed E-state index contributed by atoms with van der Waals surface area (Å²) in [5.41, 5.74) is 4.01. The Kier molecular flexibility index (Phi) is 2.51. The minimum absolute atomic E-state index is 0.0574. The third-order valence-corrected chi connectivity index (χ3v) is 4.39. The first-order valence-corrected chi connectivity index (χ1v) is 6.90. The third-order valence-electron chi connectivity index (χ3n) is 4.39. The molecule has 0 N–H and O–H groups in total. The van der Waals surface area contributed by atoms with Gasteiger partial charge in [0, 0.05) is 12.5 Å². The summed E-state index contributed by atoms with van der Waals surface area (Å²) in [6.07, 6.45) is 3.04. The van der Waals surface area contributed by atoms with Gasteiger partial charge in [0.15, 0.2) is 0 Å². The van der Waals surface area contributed by atoms with Crippen LogP contribution in [0.4, 0.5) is 5.69 Å². The SMILES string of the molecule is CC(C)(C)C1CCc2cccc3c2N(CC3)C1=O. The van der Waals surface area contributed by atoms with E-state index in [4.69, 9.17) is 0 Å². The number of amides is 1. The second-order valence-corrected chi connectivity index (χ2v) is 6.62. The lowest BCUT2D eigenvalue weighted by molar-refractivity contribution is -0.125. The molecule has 0 aromatic heterocycles. The smallest absolute Gasteiger partial charge is 0.230 e. The van der Waals surface area contributed by atoms with Crippen molar-refractivity contribution in [1.82, 2.24) is 0 Å². The summed E-state index contributed by atoms with van der Waals surface area (Å²) in [5, 5.41) is 0. The van der Waals surface area contributed by atoms with E-state index in [1.165, 1.54) is 16.8 Å². The summed E-state index contributed by atoms with van der Waals surface area (Å²) in [5.74, 6) is 0.488. The first-order valence-electron chi connectivity index (χ1n) is 6.90. The molecule has 0 fully saturated rings. The third kappa shape index (κ3) is 1.66. The monoisotopic (exact) mass is 243 g/mol. The zero-order chi connectivity index (χ0) is 12.9. The van der Waals surface area contributed by atoms with Crippen LogP contribution in [0.2, 0.25) is 0 Å². The van der Waals surface area contributed by atoms with Crippen LogP contribution in [0, 0.1) is 11.3 Å². The second-order valence-electron chi connectivity index (χ2n) is 6.62. The molecule has 1 aromatic rings. The molecule has 0 saturated heterocycles. The van der Waals surface area contributed by atoms with E-state index in [0.29, 0.717) is 5.91 Å². The van der Waals surface area contributed by atoms with Crippen molar-refractivity contribution in [3.63, 3.8) is 0 Å². The first kappa shape index (κ1) is 11.8. The molecule has 1 unspecified atom stereocenters. The number of aryl methyl sites for hydroxylation is 1. The summed E-state index contributed by atoms with van der Waals surface area (Å²) in [6, 6.07) is 6.50. The van der Waals surface area contributed by atoms with E-state index in [1.807, 2.05) is 4.90 Å². The van der Waals surface area contributed by atoms with E-state index in [0.717, 1.165) is 25.8 Å². The number of anilines is 1. The predicted octanol–water partition coefficient (Wildman–Crippen LogP) is 3.18. The fraction of sp³-hybridized carbons (Fsp3) is 0.562. The average Bonchev–Trinajstić information content (AvgIpc) is 2.65. The molecular formula is C16H21NO. The number of nitrogens with zero attached hydrogens (tertiary/aromatic N) is 1. The van der Waals surface area contributed by atoms with E-state index in [-0.39, 0.29) is 11.3 Å².